The highest BCUT2D eigenvalue weighted by Gasteiger charge is 2.39. The number of para-hydroxylation sites is 1. The van der Waals surface area contributed by atoms with Crippen LogP contribution in [0.1, 0.15) is 24.0 Å². The van der Waals surface area contributed by atoms with Gasteiger partial charge in [0.2, 0.25) is 11.8 Å². The van der Waals surface area contributed by atoms with Crippen LogP contribution in [0.2, 0.25) is 0 Å². The van der Waals surface area contributed by atoms with Crippen LogP contribution in [-0.4, -0.2) is 71.4 Å². The summed E-state index contributed by atoms with van der Waals surface area (Å²) >= 11 is 1.39. The van der Waals surface area contributed by atoms with Crippen LogP contribution in [0.3, 0.4) is 0 Å². The summed E-state index contributed by atoms with van der Waals surface area (Å²) in [4.78, 5) is 34.9. The van der Waals surface area contributed by atoms with Crippen molar-refractivity contribution in [1.82, 2.24) is 9.80 Å². The normalized spacial score (nSPS) is 20.2. The van der Waals surface area contributed by atoms with E-state index in [-0.39, 0.29) is 18.2 Å². The maximum atomic E-state index is 13.3. The molecule has 2 aliphatic rings. The lowest BCUT2D eigenvalue weighted by Gasteiger charge is -2.27. The fourth-order valence-corrected chi connectivity index (χ4v) is 5.42. The number of amides is 2. The highest BCUT2D eigenvalue weighted by Crippen LogP contribution is 2.32. The fraction of sp³-hybridized carbons (Fsp3) is 0.423. The molecule has 1 N–H and O–H groups in total. The minimum Gasteiger partial charge on any atom is -0.379 e. The fourth-order valence-electron chi connectivity index (χ4n) is 4.24. The lowest BCUT2D eigenvalue weighted by atomic mass is 10.1. The van der Waals surface area contributed by atoms with Crippen molar-refractivity contribution in [3.8, 4) is 0 Å². The van der Waals surface area contributed by atoms with Crippen LogP contribution in [-0.2, 0) is 14.3 Å². The molecule has 4 rings (SSSR count). The minimum absolute atomic E-state index is 0.0432. The van der Waals surface area contributed by atoms with E-state index in [2.05, 4.69) is 16.3 Å². The molecule has 2 aliphatic heterocycles. The van der Waals surface area contributed by atoms with Gasteiger partial charge in [-0.15, -0.1) is 0 Å². The van der Waals surface area contributed by atoms with E-state index < -0.39 is 5.25 Å². The molecule has 2 fully saturated rings. The van der Waals surface area contributed by atoms with Gasteiger partial charge in [-0.25, -0.2) is 4.99 Å². The predicted octanol–water partition coefficient (Wildman–Crippen LogP) is 3.99. The van der Waals surface area contributed by atoms with Crippen LogP contribution in [0.15, 0.2) is 53.5 Å². The Morgan fingerprint density at radius 1 is 1.09 bits per heavy atom. The average Bonchev–Trinajstić information content (AvgIpc) is 3.08. The number of benzene rings is 2. The first-order valence-electron chi connectivity index (χ1n) is 11.8. The molecule has 34 heavy (non-hydrogen) atoms. The van der Waals surface area contributed by atoms with Crippen molar-refractivity contribution in [2.45, 2.75) is 31.9 Å². The maximum absolute atomic E-state index is 13.3. The summed E-state index contributed by atoms with van der Waals surface area (Å²) < 4.78 is 5.43. The van der Waals surface area contributed by atoms with Crippen molar-refractivity contribution >= 4 is 40.1 Å². The number of anilines is 1. The SMILES string of the molecule is Cc1cc(C)cc(N=C2SC(CC(=O)Nc3ccccc3)C(=O)N2CCCN2CCOCC2)c1. The topological polar surface area (TPSA) is 74.2 Å². The van der Waals surface area contributed by atoms with Gasteiger partial charge in [0.1, 0.15) is 5.25 Å². The van der Waals surface area contributed by atoms with Gasteiger partial charge in [0.25, 0.3) is 0 Å². The number of amidine groups is 1. The molecule has 2 heterocycles. The van der Waals surface area contributed by atoms with E-state index in [0.29, 0.717) is 11.7 Å². The van der Waals surface area contributed by atoms with E-state index in [1.165, 1.54) is 11.8 Å². The first-order valence-corrected chi connectivity index (χ1v) is 12.7. The van der Waals surface area contributed by atoms with E-state index in [1.54, 1.807) is 4.90 Å². The average molecular weight is 481 g/mol. The molecule has 180 valence electrons. The predicted molar refractivity (Wildman–Crippen MR) is 138 cm³/mol. The zero-order chi connectivity index (χ0) is 23.9. The zero-order valence-corrected chi connectivity index (χ0v) is 20.6. The van der Waals surface area contributed by atoms with Crippen molar-refractivity contribution in [3.05, 3.63) is 59.7 Å². The molecule has 2 aromatic rings. The van der Waals surface area contributed by atoms with Crippen LogP contribution >= 0.6 is 11.8 Å². The van der Waals surface area contributed by atoms with E-state index in [0.717, 1.165) is 61.8 Å². The molecule has 2 aromatic carbocycles. The summed E-state index contributed by atoms with van der Waals surface area (Å²) in [6.07, 6.45) is 0.964. The van der Waals surface area contributed by atoms with Gasteiger partial charge in [-0.2, -0.15) is 0 Å². The highest BCUT2D eigenvalue weighted by atomic mass is 32.2. The van der Waals surface area contributed by atoms with E-state index in [9.17, 15) is 9.59 Å². The Bertz CT molecular complexity index is 1020. The molecule has 1 atom stereocenters. The summed E-state index contributed by atoms with van der Waals surface area (Å²) in [5.41, 5.74) is 3.83. The van der Waals surface area contributed by atoms with Crippen LogP contribution in [0, 0.1) is 13.8 Å². The highest BCUT2D eigenvalue weighted by molar-refractivity contribution is 8.15. The summed E-state index contributed by atoms with van der Waals surface area (Å²) in [6.45, 7) is 8.95. The second kappa shape index (κ2) is 11.6. The second-order valence-electron chi connectivity index (χ2n) is 8.76. The summed E-state index contributed by atoms with van der Waals surface area (Å²) in [7, 11) is 0. The number of hydrogen-bond acceptors (Lipinski definition) is 6. The molecule has 7 nitrogen and oxygen atoms in total. The molecule has 0 aromatic heterocycles. The molecule has 0 aliphatic carbocycles. The molecule has 0 saturated carbocycles. The second-order valence-corrected chi connectivity index (χ2v) is 9.93. The number of morpholine rings is 1. The number of ether oxygens (including phenoxy) is 1. The van der Waals surface area contributed by atoms with Crippen LogP contribution < -0.4 is 5.32 Å². The zero-order valence-electron chi connectivity index (χ0n) is 19.8. The molecular weight excluding hydrogens is 448 g/mol. The van der Waals surface area contributed by atoms with Gasteiger partial charge < -0.3 is 10.1 Å². The standard InChI is InChI=1S/C26H32N4O3S/c1-19-15-20(2)17-22(16-19)28-26-30(10-6-9-29-11-13-33-14-12-29)25(32)23(34-26)18-24(31)27-21-7-4-3-5-8-21/h3-5,7-8,15-17,23H,6,9-14,18H2,1-2H3,(H,27,31). The molecule has 2 amide bonds. The quantitative estimate of drug-likeness (QED) is 0.619. The molecule has 0 radical (unpaired) electrons. The van der Waals surface area contributed by atoms with Gasteiger partial charge in [-0.05, 0) is 55.7 Å². The van der Waals surface area contributed by atoms with Crippen LogP contribution in [0.4, 0.5) is 11.4 Å². The number of carbonyl (C=O) groups excluding carboxylic acids is 2. The van der Waals surface area contributed by atoms with Crippen LogP contribution in [0.5, 0.6) is 0 Å². The molecule has 0 bridgehead atoms. The van der Waals surface area contributed by atoms with Gasteiger partial charge in [0, 0.05) is 38.3 Å². The van der Waals surface area contributed by atoms with Gasteiger partial charge in [0.15, 0.2) is 5.17 Å². The van der Waals surface area contributed by atoms with Crippen molar-refractivity contribution in [3.63, 3.8) is 0 Å². The van der Waals surface area contributed by atoms with Gasteiger partial charge in [-0.3, -0.25) is 19.4 Å². The van der Waals surface area contributed by atoms with Crippen LogP contribution in [0.25, 0.3) is 0 Å². The Hall–Kier alpha value is -2.68. The summed E-state index contributed by atoms with van der Waals surface area (Å²) in [5, 5.41) is 3.09. The number of aryl methyl sites for hydroxylation is 2. The Kier molecular flexibility index (Phi) is 8.37. The van der Waals surface area contributed by atoms with Gasteiger partial charge >= 0.3 is 0 Å². The molecule has 1 unspecified atom stereocenters. The first-order chi connectivity index (χ1) is 16.5. The maximum Gasteiger partial charge on any atom is 0.242 e. The van der Waals surface area contributed by atoms with Gasteiger partial charge in [0.05, 0.1) is 18.9 Å². The number of hydrogen-bond donors (Lipinski definition) is 1. The third-order valence-corrected chi connectivity index (χ3v) is 7.01. The number of carbonyl (C=O) groups is 2. The van der Waals surface area contributed by atoms with Gasteiger partial charge in [-0.1, -0.05) is 36.0 Å². The Balaban J connectivity index is 1.46. The third kappa shape index (κ3) is 6.68. The molecule has 0 spiro atoms. The molecular formula is C26H32N4O3S. The number of thioether (sulfide) groups is 1. The molecule has 2 saturated heterocycles. The van der Waals surface area contributed by atoms with E-state index in [1.807, 2.05) is 56.3 Å². The van der Waals surface area contributed by atoms with Crippen molar-refractivity contribution < 1.29 is 14.3 Å². The lowest BCUT2D eigenvalue weighted by Crippen LogP contribution is -2.39. The third-order valence-electron chi connectivity index (χ3n) is 5.84. The number of rotatable bonds is 8. The van der Waals surface area contributed by atoms with Crippen molar-refractivity contribution in [2.24, 2.45) is 4.99 Å². The Labute approximate surface area is 205 Å². The Morgan fingerprint density at radius 2 is 1.79 bits per heavy atom. The minimum atomic E-state index is -0.475. The monoisotopic (exact) mass is 480 g/mol. The molecule has 8 heteroatoms. The first kappa shape index (κ1) is 24.4. The number of aliphatic imine (C=N–C) groups is 1. The lowest BCUT2D eigenvalue weighted by molar-refractivity contribution is -0.128. The smallest absolute Gasteiger partial charge is 0.242 e. The van der Waals surface area contributed by atoms with E-state index in [4.69, 9.17) is 9.73 Å². The largest absolute Gasteiger partial charge is 0.379 e. The summed E-state index contributed by atoms with van der Waals surface area (Å²) in [5.74, 6) is -0.212. The number of nitrogens with one attached hydrogen (secondary N) is 1. The van der Waals surface area contributed by atoms with Crippen molar-refractivity contribution in [2.75, 3.05) is 44.7 Å². The Morgan fingerprint density at radius 3 is 2.50 bits per heavy atom. The van der Waals surface area contributed by atoms with E-state index >= 15 is 0 Å². The number of nitrogens with zero attached hydrogens (tertiary/aromatic N) is 3. The van der Waals surface area contributed by atoms with Crippen molar-refractivity contribution in [1.29, 1.82) is 0 Å². The summed E-state index contributed by atoms with van der Waals surface area (Å²) in [6, 6.07) is 15.5.